The number of aliphatic hydroxyl groups excluding tert-OH is 4. The normalized spacial score (nSPS) is 36.1. The molecular weight excluding hydrogens is 710 g/mol. The Hall–Kier alpha value is -3.04. The molecule has 2 spiro atoms. The Morgan fingerprint density at radius 2 is 1.84 bits per heavy atom. The SMILES string of the molecule is C=CC1C(CC(=O)O)C(C(=O)OC)=CC2(CCCC2)C1OC1(CO)OC(CO)C23OC(CCCO)=c4[nH]c(C(C)C5CCCCC5)cc4=C2CCC1(O)C3O. The second-order valence-corrected chi connectivity index (χ2v) is 16.9. The van der Waals surface area contributed by atoms with Crippen LogP contribution in [0.1, 0.15) is 108 Å². The van der Waals surface area contributed by atoms with Crippen molar-refractivity contribution in [2.24, 2.45) is 23.2 Å². The first-order chi connectivity index (χ1) is 26.4. The van der Waals surface area contributed by atoms with Gasteiger partial charge in [0.25, 0.3) is 0 Å². The summed E-state index contributed by atoms with van der Waals surface area (Å²) < 4.78 is 25.6. The minimum Gasteiger partial charge on any atom is -0.481 e. The first-order valence-electron chi connectivity index (χ1n) is 20.3. The van der Waals surface area contributed by atoms with Gasteiger partial charge in [-0.05, 0) is 68.4 Å². The van der Waals surface area contributed by atoms with E-state index in [4.69, 9.17) is 18.9 Å². The number of aliphatic hydroxyl groups is 5. The van der Waals surface area contributed by atoms with Gasteiger partial charge in [-0.1, -0.05) is 51.2 Å². The summed E-state index contributed by atoms with van der Waals surface area (Å²) in [6.45, 7) is 4.56. The van der Waals surface area contributed by atoms with E-state index >= 15 is 0 Å². The molecule has 13 nitrogen and oxygen atoms in total. The van der Waals surface area contributed by atoms with E-state index in [2.05, 4.69) is 24.6 Å². The van der Waals surface area contributed by atoms with Crippen molar-refractivity contribution >= 4 is 23.3 Å². The lowest BCUT2D eigenvalue weighted by Gasteiger charge is -2.65. The van der Waals surface area contributed by atoms with E-state index in [-0.39, 0.29) is 30.9 Å². The molecule has 1 aromatic rings. The zero-order chi connectivity index (χ0) is 39.3. The number of rotatable bonds is 13. The van der Waals surface area contributed by atoms with Gasteiger partial charge in [0, 0.05) is 46.8 Å². The number of carboxylic acid groups (broad SMARTS) is 1. The monoisotopic (exact) mass is 769 g/mol. The highest BCUT2D eigenvalue weighted by molar-refractivity contribution is 5.90. The van der Waals surface area contributed by atoms with Crippen molar-refractivity contribution in [3.63, 3.8) is 0 Å². The van der Waals surface area contributed by atoms with Crippen molar-refractivity contribution in [2.45, 2.75) is 138 Å². The van der Waals surface area contributed by atoms with Crippen molar-refractivity contribution in [3.05, 3.63) is 46.6 Å². The maximum Gasteiger partial charge on any atom is 0.333 e. The van der Waals surface area contributed by atoms with E-state index in [1.807, 2.05) is 0 Å². The molecule has 0 amide bonds. The van der Waals surface area contributed by atoms with E-state index in [1.165, 1.54) is 26.4 Å². The highest BCUT2D eigenvalue weighted by Crippen LogP contribution is 2.60. The number of hydrogen-bond donors (Lipinski definition) is 7. The predicted octanol–water partition coefficient (Wildman–Crippen LogP) is 2.42. The van der Waals surface area contributed by atoms with Crippen LogP contribution in [-0.2, 0) is 28.5 Å². The van der Waals surface area contributed by atoms with Gasteiger partial charge < -0.3 is 54.6 Å². The molecule has 4 fully saturated rings. The highest BCUT2D eigenvalue weighted by atomic mass is 16.7. The van der Waals surface area contributed by atoms with Crippen LogP contribution in [0.15, 0.2) is 30.4 Å². The molecule has 7 rings (SSSR count). The Kier molecular flexibility index (Phi) is 11.2. The predicted molar refractivity (Wildman–Crippen MR) is 199 cm³/mol. The van der Waals surface area contributed by atoms with Gasteiger partial charge in [-0.2, -0.15) is 0 Å². The molecule has 6 aliphatic rings. The number of ether oxygens (including phenoxy) is 4. The molecule has 1 saturated heterocycles. The fraction of sp³-hybridized carbons (Fsp3) is 0.714. The molecule has 2 bridgehead atoms. The highest BCUT2D eigenvalue weighted by Gasteiger charge is 2.76. The summed E-state index contributed by atoms with van der Waals surface area (Å²) in [6.07, 6.45) is 8.18. The van der Waals surface area contributed by atoms with Crippen molar-refractivity contribution in [2.75, 3.05) is 26.9 Å². The standard InChI is InChI=1S/C42H59NO12/c1-4-26-27(20-34(47)48)29(37(49)52-3)21-39(15-8-9-16-39)36(26)55-41(23-46)40(51)17-14-30-28-19-31(24(2)25-11-6-5-7-12-25)43-35(28)32(13-10-18-44)53-42(30,38(40)50)33(22-45)54-41/h4,19,21,24-27,33,36,38,43-46,50-51H,1,5-18,20,22-23H2,2-3H3,(H,47,48). The topological polar surface area (TPSA) is 208 Å². The van der Waals surface area contributed by atoms with Crippen LogP contribution in [0, 0.1) is 23.2 Å². The molecule has 9 atom stereocenters. The molecule has 9 unspecified atom stereocenters. The minimum atomic E-state index is -2.31. The van der Waals surface area contributed by atoms with Gasteiger partial charge in [0.15, 0.2) is 11.2 Å². The number of carbonyl (C=O) groups excluding carboxylic acids is 1. The molecule has 13 heteroatoms. The molecule has 4 aliphatic carbocycles. The number of carboxylic acids is 1. The van der Waals surface area contributed by atoms with Gasteiger partial charge in [0.1, 0.15) is 24.6 Å². The number of nitrogens with one attached hydrogen (secondary N) is 1. The quantitative estimate of drug-likeness (QED) is 0.114. The van der Waals surface area contributed by atoms with Crippen molar-refractivity contribution in [1.29, 1.82) is 0 Å². The Balaban J connectivity index is 1.34. The van der Waals surface area contributed by atoms with Gasteiger partial charge in [0.05, 0.1) is 31.6 Å². The first kappa shape index (κ1) is 40.2. The van der Waals surface area contributed by atoms with Crippen LogP contribution < -0.4 is 10.6 Å². The summed E-state index contributed by atoms with van der Waals surface area (Å²) in [7, 11) is 1.25. The molecule has 1 aromatic heterocycles. The molecular formula is C42H59NO12. The van der Waals surface area contributed by atoms with Crippen LogP contribution in [0.4, 0.5) is 0 Å². The minimum absolute atomic E-state index is 0.0995. The van der Waals surface area contributed by atoms with E-state index in [0.29, 0.717) is 42.9 Å². The van der Waals surface area contributed by atoms with Crippen LogP contribution >= 0.6 is 0 Å². The third kappa shape index (κ3) is 6.24. The average Bonchev–Trinajstić information content (AvgIpc) is 3.86. The van der Waals surface area contributed by atoms with E-state index in [9.17, 15) is 40.2 Å². The average molecular weight is 770 g/mol. The third-order valence-corrected chi connectivity index (χ3v) is 14.2. The summed E-state index contributed by atoms with van der Waals surface area (Å²) in [5.74, 6) is -4.60. The summed E-state index contributed by atoms with van der Waals surface area (Å²) in [6, 6.07) is 2.11. The molecule has 304 valence electrons. The van der Waals surface area contributed by atoms with Crippen molar-refractivity contribution in [3.8, 4) is 0 Å². The van der Waals surface area contributed by atoms with Crippen LogP contribution in [0.25, 0.3) is 11.3 Å². The zero-order valence-corrected chi connectivity index (χ0v) is 32.1. The lowest BCUT2D eigenvalue weighted by atomic mass is 9.60. The van der Waals surface area contributed by atoms with Crippen LogP contribution in [0.5, 0.6) is 0 Å². The largest absolute Gasteiger partial charge is 0.481 e. The van der Waals surface area contributed by atoms with Gasteiger partial charge in [-0.25, -0.2) is 4.79 Å². The van der Waals surface area contributed by atoms with Crippen LogP contribution in [0.3, 0.4) is 0 Å². The number of aromatic amines is 1. The second-order valence-electron chi connectivity index (χ2n) is 16.9. The van der Waals surface area contributed by atoms with E-state index < -0.39 is 84.1 Å². The van der Waals surface area contributed by atoms with Gasteiger partial charge in [-0.3, -0.25) is 4.79 Å². The fourth-order valence-electron chi connectivity index (χ4n) is 11.3. The number of H-pyrrole nitrogens is 1. The number of carbonyl (C=O) groups is 2. The fourth-order valence-corrected chi connectivity index (χ4v) is 11.3. The Morgan fingerprint density at radius 3 is 2.45 bits per heavy atom. The summed E-state index contributed by atoms with van der Waals surface area (Å²) >= 11 is 0. The molecule has 7 N–H and O–H groups in total. The van der Waals surface area contributed by atoms with Crippen LogP contribution in [-0.4, -0.2) is 110 Å². The van der Waals surface area contributed by atoms with Crippen LogP contribution in [0.2, 0.25) is 0 Å². The second kappa shape index (κ2) is 15.4. The Labute approximate surface area is 321 Å². The number of aliphatic carboxylic acids is 1. The lowest BCUT2D eigenvalue weighted by molar-refractivity contribution is -0.439. The number of fused-ring (bicyclic) bond motifs is 2. The molecule has 3 heterocycles. The smallest absolute Gasteiger partial charge is 0.333 e. The molecule has 0 radical (unpaired) electrons. The van der Waals surface area contributed by atoms with Gasteiger partial charge in [0.2, 0.25) is 5.79 Å². The summed E-state index contributed by atoms with van der Waals surface area (Å²) in [4.78, 5) is 29.0. The third-order valence-electron chi connectivity index (χ3n) is 14.2. The molecule has 0 aromatic carbocycles. The Bertz CT molecular complexity index is 1790. The number of aromatic nitrogens is 1. The Morgan fingerprint density at radius 1 is 1.11 bits per heavy atom. The van der Waals surface area contributed by atoms with Crippen molar-refractivity contribution in [1.82, 2.24) is 4.98 Å². The number of methoxy groups -OCH3 is 1. The summed E-state index contributed by atoms with van der Waals surface area (Å²) in [5, 5.41) is 69.6. The zero-order valence-electron chi connectivity index (χ0n) is 32.1. The van der Waals surface area contributed by atoms with E-state index in [0.717, 1.165) is 41.9 Å². The number of hydrogen-bond acceptors (Lipinski definition) is 11. The maximum absolute atomic E-state index is 13.2. The maximum atomic E-state index is 13.2. The first-order valence-corrected chi connectivity index (χ1v) is 20.3. The molecule has 3 saturated carbocycles. The van der Waals surface area contributed by atoms with Gasteiger partial charge >= 0.3 is 11.9 Å². The van der Waals surface area contributed by atoms with Gasteiger partial charge in [-0.15, -0.1) is 6.58 Å². The lowest BCUT2D eigenvalue weighted by Crippen LogP contribution is -2.83. The molecule has 55 heavy (non-hydrogen) atoms. The van der Waals surface area contributed by atoms with E-state index in [1.54, 1.807) is 12.2 Å². The van der Waals surface area contributed by atoms with Crippen molar-refractivity contribution < 1.29 is 59.2 Å². The number of esters is 1. The molecule has 2 aliphatic heterocycles. The summed E-state index contributed by atoms with van der Waals surface area (Å²) in [5.41, 5.74) is -2.99.